The minimum Gasteiger partial charge on any atom is -0.484 e. The maximum atomic E-state index is 5.71. The lowest BCUT2D eigenvalue weighted by molar-refractivity contribution is 0.122. The molecule has 134 valence electrons. The molecular weight excluding hydrogens is 330 g/mol. The quantitative estimate of drug-likeness (QED) is 0.701. The number of hydrogen-bond donors (Lipinski definition) is 0. The Morgan fingerprint density at radius 1 is 1.08 bits per heavy atom. The van der Waals surface area contributed by atoms with Gasteiger partial charge in [0.15, 0.2) is 6.61 Å². The monoisotopic (exact) mass is 351 g/mol. The molecule has 1 fully saturated rings. The molecule has 0 bridgehead atoms. The zero-order chi connectivity index (χ0) is 17.8. The molecule has 0 saturated carbocycles. The van der Waals surface area contributed by atoms with Crippen LogP contribution in [0, 0.1) is 6.92 Å². The molecule has 6 heteroatoms. The molecule has 0 unspecified atom stereocenters. The van der Waals surface area contributed by atoms with Crippen LogP contribution in [0.3, 0.4) is 0 Å². The molecule has 0 atom stereocenters. The standard InChI is InChI=1S/C20H21N3O3/c1-15-3-2-4-18(13-15)25-14-19-21-20(22-26-19)16-5-7-17(8-6-16)23-9-11-24-12-10-23/h2-8,13H,9-12,14H2,1H3. The lowest BCUT2D eigenvalue weighted by atomic mass is 10.2. The third-order valence-corrected chi connectivity index (χ3v) is 4.32. The Kier molecular flexibility index (Phi) is 4.84. The predicted octanol–water partition coefficient (Wildman–Crippen LogP) is 3.46. The Hall–Kier alpha value is -2.86. The van der Waals surface area contributed by atoms with Crippen molar-refractivity contribution >= 4 is 5.69 Å². The molecule has 2 aromatic carbocycles. The van der Waals surface area contributed by atoms with Gasteiger partial charge in [-0.15, -0.1) is 0 Å². The predicted molar refractivity (Wildman–Crippen MR) is 98.3 cm³/mol. The molecule has 0 amide bonds. The number of aromatic nitrogens is 2. The van der Waals surface area contributed by atoms with Gasteiger partial charge >= 0.3 is 0 Å². The van der Waals surface area contributed by atoms with Crippen LogP contribution >= 0.6 is 0 Å². The van der Waals surface area contributed by atoms with E-state index >= 15 is 0 Å². The SMILES string of the molecule is Cc1cccc(OCc2nc(-c3ccc(N4CCOCC4)cc3)no2)c1. The summed E-state index contributed by atoms with van der Waals surface area (Å²) in [6.07, 6.45) is 0. The first-order valence-corrected chi connectivity index (χ1v) is 8.73. The first-order valence-electron chi connectivity index (χ1n) is 8.73. The highest BCUT2D eigenvalue weighted by molar-refractivity contribution is 5.60. The van der Waals surface area contributed by atoms with Gasteiger partial charge in [-0.1, -0.05) is 17.3 Å². The van der Waals surface area contributed by atoms with Gasteiger partial charge < -0.3 is 18.9 Å². The largest absolute Gasteiger partial charge is 0.484 e. The number of benzene rings is 2. The lowest BCUT2D eigenvalue weighted by Gasteiger charge is -2.28. The third-order valence-electron chi connectivity index (χ3n) is 4.32. The van der Waals surface area contributed by atoms with Crippen LogP contribution in [0.25, 0.3) is 11.4 Å². The van der Waals surface area contributed by atoms with Gasteiger partial charge in [0.05, 0.1) is 13.2 Å². The molecule has 4 rings (SSSR count). The molecule has 1 aromatic heterocycles. The van der Waals surface area contributed by atoms with E-state index < -0.39 is 0 Å². The molecule has 0 spiro atoms. The van der Waals surface area contributed by atoms with Crippen LogP contribution in [0.1, 0.15) is 11.5 Å². The summed E-state index contributed by atoms with van der Waals surface area (Å²) < 4.78 is 16.4. The van der Waals surface area contributed by atoms with E-state index in [-0.39, 0.29) is 6.61 Å². The van der Waals surface area contributed by atoms with Gasteiger partial charge in [-0.05, 0) is 48.9 Å². The van der Waals surface area contributed by atoms with Crippen molar-refractivity contribution in [2.45, 2.75) is 13.5 Å². The number of anilines is 1. The molecule has 0 aliphatic carbocycles. The Labute approximate surface area is 152 Å². The van der Waals surface area contributed by atoms with Crippen molar-refractivity contribution in [3.63, 3.8) is 0 Å². The van der Waals surface area contributed by atoms with E-state index in [4.69, 9.17) is 14.0 Å². The molecule has 0 N–H and O–H groups in total. The van der Waals surface area contributed by atoms with E-state index in [1.165, 1.54) is 5.69 Å². The summed E-state index contributed by atoms with van der Waals surface area (Å²) in [6.45, 7) is 5.67. The first-order chi connectivity index (χ1) is 12.8. The highest BCUT2D eigenvalue weighted by Crippen LogP contribution is 2.22. The van der Waals surface area contributed by atoms with Crippen molar-refractivity contribution in [1.82, 2.24) is 10.1 Å². The van der Waals surface area contributed by atoms with Crippen LogP contribution in [-0.2, 0) is 11.3 Å². The Bertz CT molecular complexity index is 855. The number of ether oxygens (including phenoxy) is 2. The van der Waals surface area contributed by atoms with E-state index in [1.807, 2.05) is 43.3 Å². The second-order valence-corrected chi connectivity index (χ2v) is 6.26. The summed E-state index contributed by atoms with van der Waals surface area (Å²) in [4.78, 5) is 6.73. The summed E-state index contributed by atoms with van der Waals surface area (Å²) in [6, 6.07) is 16.1. The average molecular weight is 351 g/mol. The van der Waals surface area contributed by atoms with Crippen LogP contribution < -0.4 is 9.64 Å². The van der Waals surface area contributed by atoms with Crippen LogP contribution in [0.5, 0.6) is 5.75 Å². The molecule has 1 saturated heterocycles. The Morgan fingerprint density at radius 3 is 2.65 bits per heavy atom. The molecule has 26 heavy (non-hydrogen) atoms. The zero-order valence-corrected chi connectivity index (χ0v) is 14.7. The van der Waals surface area contributed by atoms with Gasteiger partial charge in [0.2, 0.25) is 5.82 Å². The number of rotatable bonds is 5. The maximum absolute atomic E-state index is 5.71. The van der Waals surface area contributed by atoms with Gasteiger partial charge in [0.1, 0.15) is 5.75 Å². The fraction of sp³-hybridized carbons (Fsp3) is 0.300. The van der Waals surface area contributed by atoms with Crippen LogP contribution in [0.2, 0.25) is 0 Å². The number of hydrogen-bond acceptors (Lipinski definition) is 6. The normalized spacial score (nSPS) is 14.4. The van der Waals surface area contributed by atoms with Crippen molar-refractivity contribution in [1.29, 1.82) is 0 Å². The fourth-order valence-electron chi connectivity index (χ4n) is 2.92. The van der Waals surface area contributed by atoms with E-state index in [1.54, 1.807) is 0 Å². The highest BCUT2D eigenvalue weighted by Gasteiger charge is 2.13. The second kappa shape index (κ2) is 7.58. The highest BCUT2D eigenvalue weighted by atomic mass is 16.5. The van der Waals surface area contributed by atoms with E-state index in [0.717, 1.165) is 43.2 Å². The Morgan fingerprint density at radius 2 is 1.88 bits per heavy atom. The molecule has 3 aromatic rings. The first kappa shape index (κ1) is 16.6. The summed E-state index contributed by atoms with van der Waals surface area (Å²) in [5.74, 6) is 1.82. The number of morpholine rings is 1. The Balaban J connectivity index is 1.40. The fourth-order valence-corrected chi connectivity index (χ4v) is 2.92. The molecule has 6 nitrogen and oxygen atoms in total. The molecule has 0 radical (unpaired) electrons. The zero-order valence-electron chi connectivity index (χ0n) is 14.7. The molecule has 2 heterocycles. The van der Waals surface area contributed by atoms with Crippen LogP contribution in [0.15, 0.2) is 53.1 Å². The van der Waals surface area contributed by atoms with Crippen LogP contribution in [-0.4, -0.2) is 36.4 Å². The van der Waals surface area contributed by atoms with E-state index in [0.29, 0.717) is 11.7 Å². The second-order valence-electron chi connectivity index (χ2n) is 6.26. The van der Waals surface area contributed by atoms with E-state index in [2.05, 4.69) is 27.2 Å². The third kappa shape index (κ3) is 3.86. The molecular formula is C20H21N3O3. The van der Waals surface area contributed by atoms with Crippen molar-refractivity contribution in [2.75, 3.05) is 31.2 Å². The van der Waals surface area contributed by atoms with Gasteiger partial charge in [0.25, 0.3) is 5.89 Å². The summed E-state index contributed by atoms with van der Waals surface area (Å²) >= 11 is 0. The summed E-state index contributed by atoms with van der Waals surface area (Å²) in [5, 5.41) is 4.06. The topological polar surface area (TPSA) is 60.6 Å². The van der Waals surface area contributed by atoms with Crippen molar-refractivity contribution in [3.8, 4) is 17.1 Å². The van der Waals surface area contributed by atoms with Crippen molar-refractivity contribution in [3.05, 3.63) is 60.0 Å². The summed E-state index contributed by atoms with van der Waals surface area (Å²) in [7, 11) is 0. The van der Waals surface area contributed by atoms with Gasteiger partial charge in [-0.25, -0.2) is 0 Å². The maximum Gasteiger partial charge on any atom is 0.264 e. The van der Waals surface area contributed by atoms with Gasteiger partial charge in [-0.3, -0.25) is 0 Å². The van der Waals surface area contributed by atoms with Crippen molar-refractivity contribution in [2.24, 2.45) is 0 Å². The number of nitrogens with zero attached hydrogens (tertiary/aromatic N) is 3. The van der Waals surface area contributed by atoms with E-state index in [9.17, 15) is 0 Å². The molecule has 1 aliphatic heterocycles. The van der Waals surface area contributed by atoms with Gasteiger partial charge in [-0.2, -0.15) is 4.98 Å². The minimum atomic E-state index is 0.252. The number of aryl methyl sites for hydroxylation is 1. The molecule has 1 aliphatic rings. The summed E-state index contributed by atoms with van der Waals surface area (Å²) in [5.41, 5.74) is 3.25. The minimum absolute atomic E-state index is 0.252. The smallest absolute Gasteiger partial charge is 0.264 e. The lowest BCUT2D eigenvalue weighted by Crippen LogP contribution is -2.36. The van der Waals surface area contributed by atoms with Crippen molar-refractivity contribution < 1.29 is 14.0 Å². The van der Waals surface area contributed by atoms with Crippen LogP contribution in [0.4, 0.5) is 5.69 Å². The average Bonchev–Trinajstić information content (AvgIpc) is 3.16. The van der Waals surface area contributed by atoms with Gasteiger partial charge in [0, 0.05) is 24.3 Å².